The minimum atomic E-state index is -0.945. The first-order valence-electron chi connectivity index (χ1n) is 8.25. The van der Waals surface area contributed by atoms with Gasteiger partial charge in [0, 0.05) is 13.1 Å². The van der Waals surface area contributed by atoms with Crippen molar-refractivity contribution in [3.8, 4) is 0 Å². The van der Waals surface area contributed by atoms with Crippen molar-refractivity contribution in [2.75, 3.05) is 6.54 Å². The Morgan fingerprint density at radius 3 is 2.58 bits per heavy atom. The molecular weight excluding hydrogens is 334 g/mol. The lowest BCUT2D eigenvalue weighted by Crippen LogP contribution is -2.44. The average Bonchev–Trinajstić information content (AvgIpc) is 3.21. The third-order valence-electron chi connectivity index (χ3n) is 5.00. The van der Waals surface area contributed by atoms with Gasteiger partial charge in [0.05, 0.1) is 40.5 Å². The zero-order chi connectivity index (χ0) is 17.4. The highest BCUT2D eigenvalue weighted by Crippen LogP contribution is 2.43. The summed E-state index contributed by atoms with van der Waals surface area (Å²) in [7, 11) is 0. The zero-order valence-corrected chi connectivity index (χ0v) is 14.5. The van der Waals surface area contributed by atoms with Crippen molar-refractivity contribution < 1.29 is 19.4 Å². The monoisotopic (exact) mass is 355 g/mol. The van der Waals surface area contributed by atoms with Crippen LogP contribution < -0.4 is 5.32 Å². The van der Waals surface area contributed by atoms with Gasteiger partial charge in [0.1, 0.15) is 0 Å². The first kappa shape index (κ1) is 17.2. The predicted molar refractivity (Wildman–Crippen MR) is 86.8 cm³/mol. The number of hydrogen-bond acceptors (Lipinski definition) is 4. The molecule has 0 aliphatic carbocycles. The number of hydrogen-bond donors (Lipinski definition) is 2. The number of amides is 1. The highest BCUT2D eigenvalue weighted by Gasteiger charge is 2.55. The normalized spacial score (nSPS) is 28.3. The first-order valence-corrected chi connectivity index (χ1v) is 8.63. The number of nitrogens with zero attached hydrogens (tertiary/aromatic N) is 2. The second-order valence-electron chi connectivity index (χ2n) is 6.53. The standard InChI is InChI=1S/C16H22ClN3O4/c1-8-14(17)9(2)20(19-8)7-3-6-18-15(21)12-10-4-5-11(24-10)13(12)16(22)23/h10-13H,3-7H2,1-2H3,(H,18,21)(H,22,23)/t10-,11-,12-,13-/m0/s1. The van der Waals surface area contributed by atoms with E-state index in [0.717, 1.165) is 24.2 Å². The molecule has 2 aliphatic rings. The average molecular weight is 356 g/mol. The topological polar surface area (TPSA) is 93.5 Å². The number of fused-ring (bicyclic) bond motifs is 2. The highest BCUT2D eigenvalue weighted by molar-refractivity contribution is 6.31. The van der Waals surface area contributed by atoms with Gasteiger partial charge in [-0.2, -0.15) is 5.10 Å². The summed E-state index contributed by atoms with van der Waals surface area (Å²) < 4.78 is 7.44. The van der Waals surface area contributed by atoms with Crippen molar-refractivity contribution in [3.63, 3.8) is 0 Å². The molecule has 0 saturated carbocycles. The maximum atomic E-state index is 12.4. The number of carboxylic acid groups (broad SMARTS) is 1. The summed E-state index contributed by atoms with van der Waals surface area (Å²) in [5, 5.41) is 17.2. The van der Waals surface area contributed by atoms with Gasteiger partial charge in [-0.3, -0.25) is 14.3 Å². The molecule has 2 fully saturated rings. The Morgan fingerprint density at radius 2 is 2.00 bits per heavy atom. The smallest absolute Gasteiger partial charge is 0.310 e. The molecule has 3 heterocycles. The molecule has 3 rings (SSSR count). The van der Waals surface area contributed by atoms with E-state index < -0.39 is 17.8 Å². The lowest BCUT2D eigenvalue weighted by atomic mass is 9.79. The minimum Gasteiger partial charge on any atom is -0.481 e. The third-order valence-corrected chi connectivity index (χ3v) is 5.55. The molecule has 4 atom stereocenters. The third kappa shape index (κ3) is 3.02. The number of rotatable bonds is 6. The lowest BCUT2D eigenvalue weighted by molar-refractivity contribution is -0.147. The minimum absolute atomic E-state index is 0.221. The molecule has 8 heteroatoms. The van der Waals surface area contributed by atoms with Gasteiger partial charge in [0.15, 0.2) is 0 Å². The van der Waals surface area contributed by atoms with E-state index in [2.05, 4.69) is 10.4 Å². The fraction of sp³-hybridized carbons (Fsp3) is 0.688. The van der Waals surface area contributed by atoms with Crippen LogP contribution in [0.2, 0.25) is 5.02 Å². The van der Waals surface area contributed by atoms with Crippen LogP contribution in [-0.2, 0) is 20.9 Å². The van der Waals surface area contributed by atoms with Crippen LogP contribution >= 0.6 is 11.6 Å². The number of carbonyl (C=O) groups excluding carboxylic acids is 1. The molecule has 0 aromatic carbocycles. The van der Waals surface area contributed by atoms with Crippen LogP contribution in [0.15, 0.2) is 0 Å². The molecule has 1 amide bonds. The molecule has 1 aromatic heterocycles. The van der Waals surface area contributed by atoms with Crippen molar-refractivity contribution in [1.82, 2.24) is 15.1 Å². The molecular formula is C16H22ClN3O4. The molecule has 2 bridgehead atoms. The summed E-state index contributed by atoms with van der Waals surface area (Å²) in [6, 6.07) is 0. The molecule has 2 saturated heterocycles. The van der Waals surface area contributed by atoms with Gasteiger partial charge >= 0.3 is 5.97 Å². The van der Waals surface area contributed by atoms with E-state index >= 15 is 0 Å². The molecule has 2 aliphatic heterocycles. The molecule has 1 aromatic rings. The van der Waals surface area contributed by atoms with E-state index in [1.807, 2.05) is 18.5 Å². The molecule has 0 spiro atoms. The summed E-state index contributed by atoms with van der Waals surface area (Å²) in [4.78, 5) is 23.8. The van der Waals surface area contributed by atoms with Crippen LogP contribution in [0.4, 0.5) is 0 Å². The predicted octanol–water partition coefficient (Wildman–Crippen LogP) is 1.54. The number of aromatic nitrogens is 2. The number of carbonyl (C=O) groups is 2. The van der Waals surface area contributed by atoms with E-state index in [0.29, 0.717) is 24.5 Å². The van der Waals surface area contributed by atoms with Crippen LogP contribution in [0.3, 0.4) is 0 Å². The SMILES string of the molecule is Cc1nn(CCCNC(=O)[C@@H]2[C@@H](C(=O)O)[C@@H]3CC[C@@H]2O3)c(C)c1Cl. The zero-order valence-electron chi connectivity index (χ0n) is 13.8. The maximum Gasteiger partial charge on any atom is 0.310 e. The van der Waals surface area contributed by atoms with E-state index in [4.69, 9.17) is 16.3 Å². The fourth-order valence-corrected chi connectivity index (χ4v) is 3.91. The van der Waals surface area contributed by atoms with Gasteiger partial charge in [-0.15, -0.1) is 0 Å². The largest absolute Gasteiger partial charge is 0.481 e. The van der Waals surface area contributed by atoms with Gasteiger partial charge in [-0.1, -0.05) is 11.6 Å². The second-order valence-corrected chi connectivity index (χ2v) is 6.91. The fourth-order valence-electron chi connectivity index (χ4n) is 3.78. The van der Waals surface area contributed by atoms with Crippen LogP contribution in [-0.4, -0.2) is 45.5 Å². The summed E-state index contributed by atoms with van der Waals surface area (Å²) in [5.74, 6) is -2.47. The van der Waals surface area contributed by atoms with Gasteiger partial charge < -0.3 is 15.2 Å². The number of halogens is 1. The first-order chi connectivity index (χ1) is 11.4. The van der Waals surface area contributed by atoms with Gasteiger partial charge in [-0.05, 0) is 33.1 Å². The Bertz CT molecular complexity index is 660. The van der Waals surface area contributed by atoms with Crippen molar-refractivity contribution >= 4 is 23.5 Å². The van der Waals surface area contributed by atoms with Gasteiger partial charge in [0.25, 0.3) is 0 Å². The van der Waals surface area contributed by atoms with Gasteiger partial charge in [0.2, 0.25) is 5.91 Å². The molecule has 0 radical (unpaired) electrons. The summed E-state index contributed by atoms with van der Waals surface area (Å²) in [5.41, 5.74) is 1.70. The number of aliphatic carboxylic acids is 1. The van der Waals surface area contributed by atoms with Crippen LogP contribution in [0.5, 0.6) is 0 Å². The summed E-state index contributed by atoms with van der Waals surface area (Å²) in [6.45, 7) is 4.88. The Hall–Kier alpha value is -1.60. The highest BCUT2D eigenvalue weighted by atomic mass is 35.5. The number of carboxylic acids is 1. The van der Waals surface area contributed by atoms with E-state index in [1.165, 1.54) is 0 Å². The Morgan fingerprint density at radius 1 is 1.33 bits per heavy atom. The quantitative estimate of drug-likeness (QED) is 0.755. The van der Waals surface area contributed by atoms with Crippen molar-refractivity contribution in [1.29, 1.82) is 0 Å². The van der Waals surface area contributed by atoms with E-state index in [1.54, 1.807) is 0 Å². The van der Waals surface area contributed by atoms with Crippen LogP contribution in [0.1, 0.15) is 30.7 Å². The van der Waals surface area contributed by atoms with E-state index in [9.17, 15) is 14.7 Å². The van der Waals surface area contributed by atoms with Crippen molar-refractivity contribution in [2.45, 2.75) is 51.9 Å². The molecule has 2 N–H and O–H groups in total. The van der Waals surface area contributed by atoms with Crippen LogP contribution in [0, 0.1) is 25.7 Å². The Balaban J connectivity index is 1.51. The van der Waals surface area contributed by atoms with E-state index in [-0.39, 0.29) is 18.1 Å². The Labute approximate surface area is 145 Å². The molecule has 132 valence electrons. The van der Waals surface area contributed by atoms with Gasteiger partial charge in [-0.25, -0.2) is 0 Å². The van der Waals surface area contributed by atoms with Crippen molar-refractivity contribution in [3.05, 3.63) is 16.4 Å². The van der Waals surface area contributed by atoms with Crippen molar-refractivity contribution in [2.24, 2.45) is 11.8 Å². The van der Waals surface area contributed by atoms with Crippen LogP contribution in [0.25, 0.3) is 0 Å². The second kappa shape index (κ2) is 6.72. The molecule has 24 heavy (non-hydrogen) atoms. The lowest BCUT2D eigenvalue weighted by Gasteiger charge is -2.23. The number of nitrogens with one attached hydrogen (secondary N) is 1. The maximum absolute atomic E-state index is 12.4. The Kier molecular flexibility index (Phi) is 4.83. The molecule has 7 nitrogen and oxygen atoms in total. The number of ether oxygens (including phenoxy) is 1. The summed E-state index contributed by atoms with van der Waals surface area (Å²) in [6.07, 6.45) is 1.61. The molecule has 0 unspecified atom stereocenters. The number of aryl methyl sites for hydroxylation is 2. The summed E-state index contributed by atoms with van der Waals surface area (Å²) >= 11 is 6.11.